The van der Waals surface area contributed by atoms with Crippen LogP contribution in [0.1, 0.15) is 0 Å². The molecule has 0 spiro atoms. The van der Waals surface area contributed by atoms with Crippen LogP contribution in [0.25, 0.3) is 0 Å². The second kappa shape index (κ2) is 18.1. The molecule has 1 aliphatic heterocycles. The Hall–Kier alpha value is 1.79. The summed E-state index contributed by atoms with van der Waals surface area (Å²) in [7, 11) is 0. The van der Waals surface area contributed by atoms with Crippen molar-refractivity contribution in [1.82, 2.24) is 14.7 Å². The standard InChI is InChI=1S/C12H30N6.C6H6Cl6.ClH/c13-1-4-16(5-2-14)7-10-18-11-8-17(6-3-15)9-12-18;7-1-2(8)4(10)6(12)5(11)3(1)9;/h1-15H2;1-6H;1H. The van der Waals surface area contributed by atoms with E-state index in [1.165, 1.54) is 0 Å². The van der Waals surface area contributed by atoms with Crippen LogP contribution in [0.3, 0.4) is 0 Å². The fourth-order valence-corrected chi connectivity index (χ4v) is 5.78. The minimum absolute atomic E-state index is 0. The van der Waals surface area contributed by atoms with Crippen LogP contribution in [0.5, 0.6) is 0 Å². The largest absolute Gasteiger partial charge is 0.329 e. The van der Waals surface area contributed by atoms with Gasteiger partial charge in [-0.1, -0.05) is 0 Å². The molecule has 0 amide bonds. The molecule has 2 fully saturated rings. The maximum Gasteiger partial charge on any atom is 0.0693 e. The Morgan fingerprint density at radius 1 is 0.548 bits per heavy atom. The van der Waals surface area contributed by atoms with E-state index in [9.17, 15) is 0 Å². The van der Waals surface area contributed by atoms with Crippen LogP contribution in [0, 0.1) is 0 Å². The first kappa shape index (κ1) is 32.8. The first-order chi connectivity index (χ1) is 14.3. The monoisotopic (exact) mass is 582 g/mol. The molecule has 2 rings (SSSR count). The molecule has 6 nitrogen and oxygen atoms in total. The Bertz CT molecular complexity index is 383. The van der Waals surface area contributed by atoms with Crippen LogP contribution < -0.4 is 17.2 Å². The molecule has 0 atom stereocenters. The molecule has 0 aromatic carbocycles. The van der Waals surface area contributed by atoms with E-state index in [-0.39, 0.29) is 12.4 Å². The third-order valence-electron chi connectivity index (χ3n) is 5.36. The van der Waals surface area contributed by atoms with Crippen LogP contribution in [-0.2, 0) is 0 Å². The quantitative estimate of drug-likeness (QED) is 0.358. The maximum absolute atomic E-state index is 5.88. The number of alkyl halides is 6. The predicted molar refractivity (Wildman–Crippen MR) is 142 cm³/mol. The van der Waals surface area contributed by atoms with Crippen molar-refractivity contribution in [2.24, 2.45) is 17.2 Å². The third-order valence-corrected chi connectivity index (χ3v) is 9.39. The van der Waals surface area contributed by atoms with Gasteiger partial charge in [-0.15, -0.1) is 82.0 Å². The lowest BCUT2D eigenvalue weighted by molar-refractivity contribution is 0.121. The predicted octanol–water partition coefficient (Wildman–Crippen LogP) is 1.85. The molecule has 1 aliphatic carbocycles. The van der Waals surface area contributed by atoms with Crippen molar-refractivity contribution < 1.29 is 0 Å². The zero-order valence-electron chi connectivity index (χ0n) is 17.7. The minimum Gasteiger partial charge on any atom is -0.329 e. The SMILES string of the molecule is Cl.ClC1C(Cl)C(Cl)C(Cl)C(Cl)C1Cl.NCCN(CCN)CCN1CCN(CCN)CC1. The van der Waals surface area contributed by atoms with Gasteiger partial charge in [0.15, 0.2) is 0 Å². The molecule has 0 aromatic rings. The van der Waals surface area contributed by atoms with Crippen LogP contribution in [0.2, 0.25) is 0 Å². The molecule has 1 heterocycles. The molecule has 2 aliphatic rings. The summed E-state index contributed by atoms with van der Waals surface area (Å²) in [6.07, 6.45) is 0. The van der Waals surface area contributed by atoms with Gasteiger partial charge in [0.2, 0.25) is 0 Å². The fraction of sp³-hybridized carbons (Fsp3) is 1.00. The summed E-state index contributed by atoms with van der Waals surface area (Å²) in [4.78, 5) is 7.31. The summed E-state index contributed by atoms with van der Waals surface area (Å²) in [6.45, 7) is 11.9. The van der Waals surface area contributed by atoms with E-state index in [0.717, 1.165) is 65.4 Å². The highest BCUT2D eigenvalue weighted by molar-refractivity contribution is 6.45. The van der Waals surface area contributed by atoms with E-state index in [2.05, 4.69) is 14.7 Å². The fourth-order valence-electron chi connectivity index (χ4n) is 3.46. The van der Waals surface area contributed by atoms with E-state index in [1.54, 1.807) is 0 Å². The van der Waals surface area contributed by atoms with Gasteiger partial charge in [-0.3, -0.25) is 14.7 Å². The van der Waals surface area contributed by atoms with Gasteiger partial charge in [-0.2, -0.15) is 0 Å². The first-order valence-corrected chi connectivity index (χ1v) is 13.0. The van der Waals surface area contributed by atoms with Crippen LogP contribution in [-0.4, -0.2) is 125 Å². The summed E-state index contributed by atoms with van der Waals surface area (Å²) < 4.78 is 0. The number of hydrogen-bond acceptors (Lipinski definition) is 6. The number of halogens is 7. The van der Waals surface area contributed by atoms with E-state index in [1.807, 2.05) is 0 Å². The minimum atomic E-state index is -0.437. The maximum atomic E-state index is 5.88. The Morgan fingerprint density at radius 2 is 0.871 bits per heavy atom. The number of piperazine rings is 1. The summed E-state index contributed by atoms with van der Waals surface area (Å²) in [5.41, 5.74) is 16.8. The number of rotatable bonds is 9. The van der Waals surface area contributed by atoms with E-state index < -0.39 is 32.3 Å². The molecule has 31 heavy (non-hydrogen) atoms. The van der Waals surface area contributed by atoms with Gasteiger partial charge in [0, 0.05) is 78.5 Å². The van der Waals surface area contributed by atoms with Crippen LogP contribution in [0.4, 0.5) is 0 Å². The average Bonchev–Trinajstić information content (AvgIpc) is 2.75. The number of hydrogen-bond donors (Lipinski definition) is 3. The second-order valence-corrected chi connectivity index (χ2v) is 10.6. The number of nitrogens with two attached hydrogens (primary N) is 3. The topological polar surface area (TPSA) is 87.8 Å². The average molecular weight is 586 g/mol. The lowest BCUT2D eigenvalue weighted by Crippen LogP contribution is -2.52. The summed E-state index contributed by atoms with van der Waals surface area (Å²) in [5.74, 6) is 0. The number of nitrogens with zero attached hydrogens (tertiary/aromatic N) is 3. The molecule has 188 valence electrons. The molecular weight excluding hydrogens is 548 g/mol. The summed E-state index contributed by atoms with van der Waals surface area (Å²) in [6, 6.07) is 0. The van der Waals surface area contributed by atoms with Crippen molar-refractivity contribution in [3.63, 3.8) is 0 Å². The zero-order chi connectivity index (χ0) is 22.7. The molecule has 1 saturated carbocycles. The summed E-state index contributed by atoms with van der Waals surface area (Å²) in [5, 5.41) is -2.62. The van der Waals surface area contributed by atoms with Crippen LogP contribution in [0.15, 0.2) is 0 Å². The van der Waals surface area contributed by atoms with Crippen molar-refractivity contribution >= 4 is 82.0 Å². The molecular formula is C18H37Cl7N6. The first-order valence-electron chi connectivity index (χ1n) is 10.4. The highest BCUT2D eigenvalue weighted by atomic mass is 35.5. The van der Waals surface area contributed by atoms with Gasteiger partial charge in [-0.05, 0) is 0 Å². The Balaban J connectivity index is 0.000000605. The Labute approximate surface area is 223 Å². The van der Waals surface area contributed by atoms with Crippen molar-refractivity contribution in [2.75, 3.05) is 78.5 Å². The van der Waals surface area contributed by atoms with Crippen LogP contribution >= 0.6 is 82.0 Å². The smallest absolute Gasteiger partial charge is 0.0693 e. The van der Waals surface area contributed by atoms with Crippen molar-refractivity contribution in [3.05, 3.63) is 0 Å². The zero-order valence-corrected chi connectivity index (χ0v) is 23.1. The van der Waals surface area contributed by atoms with Gasteiger partial charge in [-0.25, -0.2) is 0 Å². The molecule has 0 radical (unpaired) electrons. The van der Waals surface area contributed by atoms with Crippen molar-refractivity contribution in [3.8, 4) is 0 Å². The molecule has 0 aromatic heterocycles. The van der Waals surface area contributed by atoms with Gasteiger partial charge in [0.25, 0.3) is 0 Å². The van der Waals surface area contributed by atoms with Crippen molar-refractivity contribution in [1.29, 1.82) is 0 Å². The normalized spacial score (nSPS) is 32.3. The van der Waals surface area contributed by atoms with Crippen molar-refractivity contribution in [2.45, 2.75) is 32.3 Å². The van der Waals surface area contributed by atoms with E-state index >= 15 is 0 Å². The molecule has 6 N–H and O–H groups in total. The summed E-state index contributed by atoms with van der Waals surface area (Å²) >= 11 is 35.3. The van der Waals surface area contributed by atoms with Gasteiger partial charge in [0.1, 0.15) is 0 Å². The molecule has 0 bridgehead atoms. The highest BCUT2D eigenvalue weighted by Gasteiger charge is 2.46. The van der Waals surface area contributed by atoms with Gasteiger partial charge < -0.3 is 17.2 Å². The Kier molecular flexibility index (Phi) is 19.2. The lowest BCUT2D eigenvalue weighted by Gasteiger charge is -2.37. The molecule has 0 unspecified atom stereocenters. The van der Waals surface area contributed by atoms with Gasteiger partial charge in [0.05, 0.1) is 32.3 Å². The Morgan fingerprint density at radius 3 is 1.16 bits per heavy atom. The lowest BCUT2D eigenvalue weighted by atomic mass is 9.97. The van der Waals surface area contributed by atoms with E-state index in [4.69, 9.17) is 86.8 Å². The molecule has 13 heteroatoms. The molecule has 1 saturated heterocycles. The van der Waals surface area contributed by atoms with E-state index in [0.29, 0.717) is 13.1 Å². The second-order valence-electron chi connectivity index (χ2n) is 7.56. The van der Waals surface area contributed by atoms with Gasteiger partial charge >= 0.3 is 0 Å². The highest BCUT2D eigenvalue weighted by Crippen LogP contribution is 2.39. The third kappa shape index (κ3) is 11.4.